The second-order valence-electron chi connectivity index (χ2n) is 5.87. The van der Waals surface area contributed by atoms with E-state index in [4.69, 9.17) is 14.8 Å². The maximum atomic E-state index is 12.9. The van der Waals surface area contributed by atoms with Gasteiger partial charge in [0.1, 0.15) is 12.6 Å². The van der Waals surface area contributed by atoms with Crippen molar-refractivity contribution in [2.24, 2.45) is 5.16 Å². The molecular weight excluding hydrogens is 348 g/mol. The Balaban J connectivity index is 2.17. The van der Waals surface area contributed by atoms with Crippen LogP contribution in [0.3, 0.4) is 0 Å². The molecule has 0 unspecified atom stereocenters. The summed E-state index contributed by atoms with van der Waals surface area (Å²) in [5, 5.41) is 15.6. The standard InChI is InChI=1S/C19H22N4O4/c1-3-9-27-22-16-11-17(18(24)21-8-10-26-2)23(13-16)19(25)15-6-4-14(12-20)5-7-15/h3-7,17H,1,8-11,13H2,2H3,(H,21,24)/t17-/m0/s1. The third-order valence-corrected chi connectivity index (χ3v) is 3.97. The van der Waals surface area contributed by atoms with Crippen LogP contribution in [0.4, 0.5) is 0 Å². The molecule has 27 heavy (non-hydrogen) atoms. The van der Waals surface area contributed by atoms with Gasteiger partial charge in [0.15, 0.2) is 0 Å². The Bertz CT molecular complexity index is 752. The summed E-state index contributed by atoms with van der Waals surface area (Å²) < 4.78 is 4.93. The lowest BCUT2D eigenvalue weighted by Gasteiger charge is -2.23. The number of nitrogens with one attached hydrogen (secondary N) is 1. The molecule has 1 aliphatic rings. The molecule has 1 aromatic carbocycles. The van der Waals surface area contributed by atoms with E-state index >= 15 is 0 Å². The number of hydrogen-bond donors (Lipinski definition) is 1. The minimum absolute atomic E-state index is 0.193. The monoisotopic (exact) mass is 370 g/mol. The van der Waals surface area contributed by atoms with Gasteiger partial charge in [0.05, 0.1) is 30.5 Å². The molecule has 1 fully saturated rings. The quantitative estimate of drug-likeness (QED) is 0.419. The topological polar surface area (TPSA) is 104 Å². The fourth-order valence-corrected chi connectivity index (χ4v) is 2.65. The van der Waals surface area contributed by atoms with Crippen LogP contribution < -0.4 is 5.32 Å². The Labute approximate surface area is 158 Å². The molecule has 1 heterocycles. The fourth-order valence-electron chi connectivity index (χ4n) is 2.65. The number of carbonyl (C=O) groups excluding carboxylic acids is 2. The Kier molecular flexibility index (Phi) is 7.52. The first kappa shape index (κ1) is 20.1. The zero-order valence-corrected chi connectivity index (χ0v) is 15.2. The highest BCUT2D eigenvalue weighted by molar-refractivity contribution is 6.05. The number of nitrogens with zero attached hydrogens (tertiary/aromatic N) is 3. The summed E-state index contributed by atoms with van der Waals surface area (Å²) in [5.74, 6) is -0.580. The van der Waals surface area contributed by atoms with E-state index in [1.807, 2.05) is 6.07 Å². The first-order chi connectivity index (χ1) is 13.1. The molecule has 0 aliphatic carbocycles. The third kappa shape index (κ3) is 5.39. The van der Waals surface area contributed by atoms with Gasteiger partial charge >= 0.3 is 0 Å². The van der Waals surface area contributed by atoms with Gasteiger partial charge in [-0.1, -0.05) is 17.8 Å². The van der Waals surface area contributed by atoms with Crippen LogP contribution in [0.1, 0.15) is 22.3 Å². The number of hydrogen-bond acceptors (Lipinski definition) is 6. The van der Waals surface area contributed by atoms with Crippen molar-refractivity contribution in [1.29, 1.82) is 5.26 Å². The van der Waals surface area contributed by atoms with Gasteiger partial charge in [-0.25, -0.2) is 0 Å². The van der Waals surface area contributed by atoms with Crippen molar-refractivity contribution in [2.75, 3.05) is 33.4 Å². The van der Waals surface area contributed by atoms with E-state index in [0.717, 1.165) is 0 Å². The molecule has 1 aromatic rings. The number of amides is 2. The highest BCUT2D eigenvalue weighted by Gasteiger charge is 2.38. The zero-order chi connectivity index (χ0) is 19.6. The predicted octanol–water partition coefficient (Wildman–Crippen LogP) is 1.09. The minimum Gasteiger partial charge on any atom is -0.392 e. The van der Waals surface area contributed by atoms with Crippen LogP contribution in [0.2, 0.25) is 0 Å². The van der Waals surface area contributed by atoms with Crippen molar-refractivity contribution >= 4 is 17.5 Å². The van der Waals surface area contributed by atoms with E-state index in [1.165, 1.54) is 4.90 Å². The number of benzene rings is 1. The maximum Gasteiger partial charge on any atom is 0.254 e. The number of methoxy groups -OCH3 is 1. The molecule has 2 amide bonds. The van der Waals surface area contributed by atoms with E-state index < -0.39 is 6.04 Å². The smallest absolute Gasteiger partial charge is 0.254 e. The molecule has 8 nitrogen and oxygen atoms in total. The predicted molar refractivity (Wildman–Crippen MR) is 99.1 cm³/mol. The Morgan fingerprint density at radius 1 is 1.44 bits per heavy atom. The summed E-state index contributed by atoms with van der Waals surface area (Å²) in [6, 6.07) is 7.61. The van der Waals surface area contributed by atoms with Crippen LogP contribution in [0.5, 0.6) is 0 Å². The Morgan fingerprint density at radius 3 is 2.81 bits per heavy atom. The van der Waals surface area contributed by atoms with Gasteiger partial charge in [0, 0.05) is 25.6 Å². The lowest BCUT2D eigenvalue weighted by molar-refractivity contribution is -0.125. The number of carbonyl (C=O) groups is 2. The molecule has 142 valence electrons. The molecule has 2 rings (SSSR count). The van der Waals surface area contributed by atoms with Crippen molar-refractivity contribution in [3.8, 4) is 6.07 Å². The number of nitriles is 1. The molecule has 1 N–H and O–H groups in total. The summed E-state index contributed by atoms with van der Waals surface area (Å²) >= 11 is 0. The van der Waals surface area contributed by atoms with Crippen molar-refractivity contribution < 1.29 is 19.2 Å². The second kappa shape index (κ2) is 10.1. The summed E-state index contributed by atoms with van der Waals surface area (Å²) in [6.07, 6.45) is 1.85. The van der Waals surface area contributed by atoms with Gasteiger partial charge in [0.2, 0.25) is 5.91 Å². The minimum atomic E-state index is -0.684. The summed E-state index contributed by atoms with van der Waals surface area (Å²) in [4.78, 5) is 32.0. The number of rotatable bonds is 8. The van der Waals surface area contributed by atoms with Gasteiger partial charge < -0.3 is 19.8 Å². The second-order valence-corrected chi connectivity index (χ2v) is 5.87. The molecule has 0 saturated carbocycles. The van der Waals surface area contributed by atoms with Crippen LogP contribution in [-0.2, 0) is 14.4 Å². The van der Waals surface area contributed by atoms with Crippen LogP contribution in [-0.4, -0.2) is 61.9 Å². The molecule has 8 heteroatoms. The van der Waals surface area contributed by atoms with E-state index in [0.29, 0.717) is 30.0 Å². The van der Waals surface area contributed by atoms with E-state index in [1.54, 1.807) is 37.5 Å². The average molecular weight is 370 g/mol. The molecule has 0 aromatic heterocycles. The van der Waals surface area contributed by atoms with Crippen LogP contribution in [0, 0.1) is 11.3 Å². The molecule has 1 aliphatic heterocycles. The molecular formula is C19H22N4O4. The number of ether oxygens (including phenoxy) is 1. The molecule has 0 bridgehead atoms. The SMILES string of the molecule is C=CCON=C1C[C@@H](C(=O)NCCOC)N(C(=O)c2ccc(C#N)cc2)C1. The molecule has 0 radical (unpaired) electrons. The van der Waals surface area contributed by atoms with Gasteiger partial charge in [-0.15, -0.1) is 0 Å². The largest absolute Gasteiger partial charge is 0.392 e. The Morgan fingerprint density at radius 2 is 2.19 bits per heavy atom. The number of oxime groups is 1. The van der Waals surface area contributed by atoms with Crippen LogP contribution in [0.25, 0.3) is 0 Å². The van der Waals surface area contributed by atoms with Gasteiger partial charge in [-0.05, 0) is 24.3 Å². The first-order valence-electron chi connectivity index (χ1n) is 8.47. The van der Waals surface area contributed by atoms with Crippen LogP contribution >= 0.6 is 0 Å². The normalized spacial score (nSPS) is 17.4. The van der Waals surface area contributed by atoms with Crippen molar-refractivity contribution in [3.05, 3.63) is 48.0 Å². The molecule has 0 spiro atoms. The summed E-state index contributed by atoms with van der Waals surface area (Å²) in [5.41, 5.74) is 1.46. The van der Waals surface area contributed by atoms with Gasteiger partial charge in [-0.2, -0.15) is 5.26 Å². The van der Waals surface area contributed by atoms with E-state index in [2.05, 4.69) is 17.1 Å². The Hall–Kier alpha value is -3.18. The van der Waals surface area contributed by atoms with E-state index in [9.17, 15) is 9.59 Å². The van der Waals surface area contributed by atoms with Crippen molar-refractivity contribution in [2.45, 2.75) is 12.5 Å². The van der Waals surface area contributed by atoms with Gasteiger partial charge in [0.25, 0.3) is 5.91 Å². The van der Waals surface area contributed by atoms with E-state index in [-0.39, 0.29) is 31.4 Å². The van der Waals surface area contributed by atoms with Crippen molar-refractivity contribution in [3.63, 3.8) is 0 Å². The average Bonchev–Trinajstić information content (AvgIpc) is 3.12. The third-order valence-electron chi connectivity index (χ3n) is 3.97. The number of likely N-dealkylation sites (tertiary alicyclic amines) is 1. The highest BCUT2D eigenvalue weighted by Crippen LogP contribution is 2.20. The first-order valence-corrected chi connectivity index (χ1v) is 8.47. The summed E-state index contributed by atoms with van der Waals surface area (Å²) in [6.45, 7) is 4.72. The maximum absolute atomic E-state index is 12.9. The van der Waals surface area contributed by atoms with Gasteiger partial charge in [-0.3, -0.25) is 9.59 Å². The fraction of sp³-hybridized carbons (Fsp3) is 0.368. The lowest BCUT2D eigenvalue weighted by Crippen LogP contribution is -2.46. The lowest BCUT2D eigenvalue weighted by atomic mass is 10.1. The molecule has 1 atom stereocenters. The van der Waals surface area contributed by atoms with Crippen molar-refractivity contribution in [1.82, 2.24) is 10.2 Å². The van der Waals surface area contributed by atoms with Crippen LogP contribution in [0.15, 0.2) is 42.1 Å². The molecule has 1 saturated heterocycles. The zero-order valence-electron chi connectivity index (χ0n) is 15.2. The highest BCUT2D eigenvalue weighted by atomic mass is 16.6. The summed E-state index contributed by atoms with van der Waals surface area (Å²) in [7, 11) is 1.55.